The molecule has 0 saturated carbocycles. The molecule has 1 atom stereocenters. The van der Waals surface area contributed by atoms with E-state index in [-0.39, 0.29) is 19.1 Å². The Morgan fingerprint density at radius 3 is 1.71 bits per heavy atom. The van der Waals surface area contributed by atoms with Gasteiger partial charge in [-0.3, -0.25) is 9.59 Å². The summed E-state index contributed by atoms with van der Waals surface area (Å²) in [6.45, 7) is 9.83. The number of carbonyl (C=O) groups is 2. The van der Waals surface area contributed by atoms with Gasteiger partial charge in [-0.1, -0.05) is 73.5 Å². The SMILES string of the molecule is Cc1ccc(COC(=O)[CH]C(C)(C(=O)OCc2ccc(C)cc2)C(C)C)cc1. The monoisotopic (exact) mass is 381 g/mol. The van der Waals surface area contributed by atoms with E-state index in [1.165, 1.54) is 6.42 Å². The molecule has 1 radical (unpaired) electrons. The van der Waals surface area contributed by atoms with Crippen LogP contribution in [-0.4, -0.2) is 11.9 Å². The van der Waals surface area contributed by atoms with E-state index < -0.39 is 17.4 Å². The van der Waals surface area contributed by atoms with Crippen LogP contribution >= 0.6 is 0 Å². The van der Waals surface area contributed by atoms with Crippen LogP contribution in [0.3, 0.4) is 0 Å². The minimum absolute atomic E-state index is 0.120. The Morgan fingerprint density at radius 2 is 1.29 bits per heavy atom. The van der Waals surface area contributed by atoms with Crippen molar-refractivity contribution in [1.29, 1.82) is 0 Å². The van der Waals surface area contributed by atoms with Gasteiger partial charge in [-0.05, 0) is 37.8 Å². The third-order valence-corrected chi connectivity index (χ3v) is 5.05. The van der Waals surface area contributed by atoms with E-state index in [2.05, 4.69) is 0 Å². The van der Waals surface area contributed by atoms with Crippen molar-refractivity contribution < 1.29 is 19.1 Å². The van der Waals surface area contributed by atoms with E-state index in [1.807, 2.05) is 76.2 Å². The molecule has 0 aromatic heterocycles. The summed E-state index contributed by atoms with van der Waals surface area (Å²) >= 11 is 0. The third kappa shape index (κ3) is 5.95. The van der Waals surface area contributed by atoms with Crippen LogP contribution in [-0.2, 0) is 32.3 Å². The fraction of sp³-hybridized carbons (Fsp3) is 0.375. The Balaban J connectivity index is 1.94. The molecule has 4 heteroatoms. The number of rotatable bonds is 8. The van der Waals surface area contributed by atoms with Crippen molar-refractivity contribution in [2.24, 2.45) is 11.3 Å². The lowest BCUT2D eigenvalue weighted by Crippen LogP contribution is -2.38. The van der Waals surface area contributed by atoms with Gasteiger partial charge in [0.05, 0.1) is 11.8 Å². The maximum Gasteiger partial charge on any atom is 0.313 e. The maximum absolute atomic E-state index is 12.7. The van der Waals surface area contributed by atoms with Gasteiger partial charge in [0.15, 0.2) is 0 Å². The minimum atomic E-state index is -1.06. The van der Waals surface area contributed by atoms with Gasteiger partial charge < -0.3 is 9.47 Å². The predicted molar refractivity (Wildman–Crippen MR) is 109 cm³/mol. The Kier molecular flexibility index (Phi) is 7.38. The maximum atomic E-state index is 12.7. The van der Waals surface area contributed by atoms with E-state index in [9.17, 15) is 9.59 Å². The molecule has 0 aliphatic heterocycles. The summed E-state index contributed by atoms with van der Waals surface area (Å²) in [6, 6.07) is 15.6. The predicted octanol–water partition coefficient (Wildman–Crippen LogP) is 4.96. The summed E-state index contributed by atoms with van der Waals surface area (Å²) in [7, 11) is 0. The molecule has 2 aromatic rings. The largest absolute Gasteiger partial charge is 0.461 e. The van der Waals surface area contributed by atoms with Crippen molar-refractivity contribution in [3.05, 3.63) is 77.2 Å². The summed E-state index contributed by atoms with van der Waals surface area (Å²) in [5, 5.41) is 0. The fourth-order valence-electron chi connectivity index (χ4n) is 2.58. The third-order valence-electron chi connectivity index (χ3n) is 5.05. The second-order valence-corrected chi connectivity index (χ2v) is 7.74. The van der Waals surface area contributed by atoms with E-state index in [4.69, 9.17) is 9.47 Å². The molecular formula is C24H29O4. The Hall–Kier alpha value is -2.62. The summed E-state index contributed by atoms with van der Waals surface area (Å²) in [5.74, 6) is -1.08. The molecular weight excluding hydrogens is 352 g/mol. The number of esters is 2. The van der Waals surface area contributed by atoms with Crippen molar-refractivity contribution in [2.45, 2.75) is 47.8 Å². The number of benzene rings is 2. The Morgan fingerprint density at radius 1 is 0.857 bits per heavy atom. The first-order valence-corrected chi connectivity index (χ1v) is 9.51. The molecule has 0 N–H and O–H groups in total. The molecule has 0 spiro atoms. The molecule has 0 bridgehead atoms. The van der Waals surface area contributed by atoms with Crippen molar-refractivity contribution in [1.82, 2.24) is 0 Å². The highest BCUT2D eigenvalue weighted by molar-refractivity contribution is 5.90. The number of hydrogen-bond acceptors (Lipinski definition) is 4. The molecule has 2 aromatic carbocycles. The van der Waals surface area contributed by atoms with Gasteiger partial charge in [0.1, 0.15) is 13.2 Å². The summed E-state index contributed by atoms with van der Waals surface area (Å²) in [6.07, 6.45) is 1.34. The lowest BCUT2D eigenvalue weighted by molar-refractivity contribution is -0.160. The average molecular weight is 381 g/mol. The molecule has 149 valence electrons. The van der Waals surface area contributed by atoms with Crippen molar-refractivity contribution >= 4 is 11.9 Å². The Labute approximate surface area is 167 Å². The molecule has 0 saturated heterocycles. The first-order valence-electron chi connectivity index (χ1n) is 9.51. The zero-order valence-electron chi connectivity index (χ0n) is 17.3. The zero-order valence-corrected chi connectivity index (χ0v) is 17.3. The molecule has 28 heavy (non-hydrogen) atoms. The lowest BCUT2D eigenvalue weighted by atomic mass is 9.76. The van der Waals surface area contributed by atoms with Crippen LogP contribution in [0, 0.1) is 31.6 Å². The highest BCUT2D eigenvalue weighted by Crippen LogP contribution is 2.33. The first-order chi connectivity index (χ1) is 13.2. The van der Waals surface area contributed by atoms with Gasteiger partial charge in [-0.2, -0.15) is 0 Å². The van der Waals surface area contributed by atoms with Crippen molar-refractivity contribution in [3.8, 4) is 0 Å². The summed E-state index contributed by atoms with van der Waals surface area (Å²) in [4.78, 5) is 25.1. The van der Waals surface area contributed by atoms with E-state index in [0.717, 1.165) is 22.3 Å². The van der Waals surface area contributed by atoms with Crippen molar-refractivity contribution in [3.63, 3.8) is 0 Å². The number of ether oxygens (including phenoxy) is 2. The van der Waals surface area contributed by atoms with Gasteiger partial charge in [-0.15, -0.1) is 0 Å². The van der Waals surface area contributed by atoms with E-state index in [1.54, 1.807) is 6.92 Å². The van der Waals surface area contributed by atoms with Crippen LogP contribution in [0.5, 0.6) is 0 Å². The van der Waals surface area contributed by atoms with Gasteiger partial charge in [-0.25, -0.2) is 0 Å². The van der Waals surface area contributed by atoms with Gasteiger partial charge in [0, 0.05) is 0 Å². The second kappa shape index (κ2) is 9.54. The number of aryl methyl sites for hydroxylation is 2. The second-order valence-electron chi connectivity index (χ2n) is 7.74. The van der Waals surface area contributed by atoms with Crippen LogP contribution < -0.4 is 0 Å². The van der Waals surface area contributed by atoms with E-state index >= 15 is 0 Å². The van der Waals surface area contributed by atoms with Crippen LogP contribution in [0.1, 0.15) is 43.0 Å². The molecule has 0 aliphatic carbocycles. The quantitative estimate of drug-likeness (QED) is 0.607. The summed E-state index contributed by atoms with van der Waals surface area (Å²) in [5.41, 5.74) is 3.04. The van der Waals surface area contributed by atoms with Crippen LogP contribution in [0.25, 0.3) is 0 Å². The molecule has 0 heterocycles. The molecule has 2 rings (SSSR count). The van der Waals surface area contributed by atoms with Crippen LogP contribution in [0.4, 0.5) is 0 Å². The van der Waals surface area contributed by atoms with E-state index in [0.29, 0.717) is 0 Å². The topological polar surface area (TPSA) is 52.6 Å². The normalized spacial score (nSPS) is 13.1. The highest BCUT2D eigenvalue weighted by Gasteiger charge is 2.41. The van der Waals surface area contributed by atoms with Crippen LogP contribution in [0.2, 0.25) is 0 Å². The molecule has 1 unspecified atom stereocenters. The number of hydrogen-bond donors (Lipinski definition) is 0. The first kappa shape index (κ1) is 21.7. The van der Waals surface area contributed by atoms with Crippen molar-refractivity contribution in [2.75, 3.05) is 0 Å². The molecule has 0 amide bonds. The number of carbonyl (C=O) groups excluding carboxylic acids is 2. The van der Waals surface area contributed by atoms with Crippen LogP contribution in [0.15, 0.2) is 48.5 Å². The lowest BCUT2D eigenvalue weighted by Gasteiger charge is -2.30. The fourth-order valence-corrected chi connectivity index (χ4v) is 2.58. The molecule has 0 fully saturated rings. The average Bonchev–Trinajstić information content (AvgIpc) is 2.66. The standard InChI is InChI=1S/C24H29O4/c1-17(2)24(5,23(26)28-16-21-12-8-19(4)9-13-21)14-22(25)27-15-20-10-6-18(3)7-11-20/h6-14,17H,15-16H2,1-5H3. The zero-order chi connectivity index (χ0) is 20.7. The Bertz CT molecular complexity index is 790. The smallest absolute Gasteiger partial charge is 0.313 e. The van der Waals surface area contributed by atoms with Gasteiger partial charge in [0.2, 0.25) is 0 Å². The van der Waals surface area contributed by atoms with Gasteiger partial charge in [0.25, 0.3) is 0 Å². The van der Waals surface area contributed by atoms with Gasteiger partial charge >= 0.3 is 11.9 Å². The molecule has 0 aliphatic rings. The minimum Gasteiger partial charge on any atom is -0.461 e. The highest BCUT2D eigenvalue weighted by atomic mass is 16.5. The molecule has 4 nitrogen and oxygen atoms in total. The summed E-state index contributed by atoms with van der Waals surface area (Å²) < 4.78 is 10.8.